The molecule has 0 spiro atoms. The molecule has 0 aliphatic heterocycles. The first-order chi connectivity index (χ1) is 8.30. The van der Waals surface area contributed by atoms with Gasteiger partial charge in [-0.25, -0.2) is 4.39 Å². The zero-order valence-electron chi connectivity index (χ0n) is 9.63. The summed E-state index contributed by atoms with van der Waals surface area (Å²) in [5.41, 5.74) is 4.73. The van der Waals surface area contributed by atoms with Crippen molar-refractivity contribution in [3.63, 3.8) is 0 Å². The highest BCUT2D eigenvalue weighted by molar-refractivity contribution is 5.84. The van der Waals surface area contributed by atoms with E-state index in [4.69, 9.17) is 5.73 Å². The van der Waals surface area contributed by atoms with Crippen LogP contribution in [-0.2, 0) is 12.7 Å². The lowest BCUT2D eigenvalue weighted by molar-refractivity contribution is -0.138. The summed E-state index contributed by atoms with van der Waals surface area (Å²) in [5, 5.41) is -0.136. The van der Waals surface area contributed by atoms with E-state index in [-0.39, 0.29) is 11.4 Å². The van der Waals surface area contributed by atoms with Gasteiger partial charge in [-0.1, -0.05) is 0 Å². The minimum atomic E-state index is -4.70. The highest BCUT2D eigenvalue weighted by atomic mass is 19.4. The van der Waals surface area contributed by atoms with Crippen molar-refractivity contribution in [2.24, 2.45) is 5.73 Å². The second-order valence-corrected chi connectivity index (χ2v) is 4.30. The van der Waals surface area contributed by atoms with Gasteiger partial charge >= 0.3 is 6.18 Å². The van der Waals surface area contributed by atoms with Crippen molar-refractivity contribution in [1.82, 2.24) is 4.57 Å². The molecule has 0 amide bonds. The van der Waals surface area contributed by atoms with E-state index in [1.165, 1.54) is 18.3 Å². The summed E-state index contributed by atoms with van der Waals surface area (Å²) >= 11 is 0. The van der Waals surface area contributed by atoms with Crippen LogP contribution in [0.5, 0.6) is 0 Å². The first kappa shape index (κ1) is 12.9. The Morgan fingerprint density at radius 3 is 2.50 bits per heavy atom. The third-order valence-electron chi connectivity index (χ3n) is 2.67. The predicted octanol–water partition coefficient (Wildman–Crippen LogP) is 3.15. The number of rotatable bonds is 2. The molecule has 0 aliphatic carbocycles. The number of fused-ring (bicyclic) bond motifs is 1. The summed E-state index contributed by atoms with van der Waals surface area (Å²) in [7, 11) is 0. The molecule has 2 N–H and O–H groups in total. The lowest BCUT2D eigenvalue weighted by atomic mass is 10.1. The summed E-state index contributed by atoms with van der Waals surface area (Å²) in [6.45, 7) is 2.13. The van der Waals surface area contributed by atoms with Gasteiger partial charge < -0.3 is 10.3 Å². The minimum absolute atomic E-state index is 0.136. The van der Waals surface area contributed by atoms with Gasteiger partial charge in [0, 0.05) is 29.7 Å². The molecule has 0 fully saturated rings. The maximum atomic E-state index is 13.3. The third kappa shape index (κ3) is 2.20. The molecule has 1 aromatic heterocycles. The number of hydrogen-bond donors (Lipinski definition) is 1. The van der Waals surface area contributed by atoms with E-state index in [9.17, 15) is 17.6 Å². The molecule has 1 aromatic carbocycles. The molecule has 2 nitrogen and oxygen atoms in total. The smallest absolute Gasteiger partial charge is 0.346 e. The maximum Gasteiger partial charge on any atom is 0.419 e. The van der Waals surface area contributed by atoms with E-state index in [1.54, 1.807) is 11.5 Å². The van der Waals surface area contributed by atoms with Crippen LogP contribution in [0.4, 0.5) is 17.6 Å². The van der Waals surface area contributed by atoms with E-state index >= 15 is 0 Å². The van der Waals surface area contributed by atoms with Crippen LogP contribution in [0.25, 0.3) is 10.9 Å². The van der Waals surface area contributed by atoms with Crippen LogP contribution < -0.4 is 5.73 Å². The first-order valence-corrected chi connectivity index (χ1v) is 5.41. The van der Waals surface area contributed by atoms with Crippen LogP contribution >= 0.6 is 0 Å². The summed E-state index contributed by atoms with van der Waals surface area (Å²) in [5.74, 6) is -1.26. The summed E-state index contributed by atoms with van der Waals surface area (Å²) < 4.78 is 53.3. The van der Waals surface area contributed by atoms with E-state index in [0.717, 1.165) is 6.07 Å². The molecule has 0 saturated heterocycles. The Balaban J connectivity index is 2.65. The lowest BCUT2D eigenvalue weighted by Crippen LogP contribution is -2.21. The standard InChI is InChI=1S/C12H12F4N2/c1-7(17)6-18-5-4-8-10(18)3-2-9(13)11(8)12(14,15)16/h2-5,7H,6,17H2,1H3/t7-/m0/s1. The van der Waals surface area contributed by atoms with Crippen molar-refractivity contribution in [2.45, 2.75) is 25.7 Å². The van der Waals surface area contributed by atoms with E-state index in [1.807, 2.05) is 0 Å². The summed E-state index contributed by atoms with van der Waals surface area (Å²) in [6.07, 6.45) is -3.22. The largest absolute Gasteiger partial charge is 0.419 e. The minimum Gasteiger partial charge on any atom is -0.346 e. The van der Waals surface area contributed by atoms with Crippen molar-refractivity contribution in [2.75, 3.05) is 0 Å². The van der Waals surface area contributed by atoms with Gasteiger partial charge in [0.05, 0.1) is 0 Å². The Kier molecular flexibility index (Phi) is 3.06. The highest BCUT2D eigenvalue weighted by Gasteiger charge is 2.36. The van der Waals surface area contributed by atoms with Crippen LogP contribution in [0.15, 0.2) is 24.4 Å². The number of nitrogens with zero attached hydrogens (tertiary/aromatic N) is 1. The van der Waals surface area contributed by atoms with Crippen LogP contribution in [0.1, 0.15) is 12.5 Å². The van der Waals surface area contributed by atoms with Gasteiger partial charge in [0.1, 0.15) is 11.4 Å². The summed E-state index contributed by atoms with van der Waals surface area (Å²) in [4.78, 5) is 0. The number of benzene rings is 1. The van der Waals surface area contributed by atoms with Gasteiger partial charge in [0.25, 0.3) is 0 Å². The molecule has 2 aromatic rings. The Labute approximate surface area is 101 Å². The second-order valence-electron chi connectivity index (χ2n) is 4.30. The van der Waals surface area contributed by atoms with Crippen molar-refractivity contribution in [3.8, 4) is 0 Å². The number of halogens is 4. The maximum absolute atomic E-state index is 13.3. The highest BCUT2D eigenvalue weighted by Crippen LogP contribution is 2.37. The molecule has 1 heterocycles. The fourth-order valence-electron chi connectivity index (χ4n) is 2.00. The molecule has 1 atom stereocenters. The zero-order valence-corrected chi connectivity index (χ0v) is 9.63. The lowest BCUT2D eigenvalue weighted by Gasteiger charge is -2.12. The molecule has 98 valence electrons. The van der Waals surface area contributed by atoms with Crippen molar-refractivity contribution >= 4 is 10.9 Å². The van der Waals surface area contributed by atoms with Crippen molar-refractivity contribution in [1.29, 1.82) is 0 Å². The number of alkyl halides is 3. The van der Waals surface area contributed by atoms with Crippen molar-refractivity contribution < 1.29 is 17.6 Å². The Morgan fingerprint density at radius 1 is 1.28 bits per heavy atom. The molecule has 0 unspecified atom stereocenters. The fraction of sp³-hybridized carbons (Fsp3) is 0.333. The number of aromatic nitrogens is 1. The average molecular weight is 260 g/mol. The molecule has 18 heavy (non-hydrogen) atoms. The van der Waals surface area contributed by atoms with E-state index in [2.05, 4.69) is 0 Å². The first-order valence-electron chi connectivity index (χ1n) is 5.41. The van der Waals surface area contributed by atoms with Gasteiger partial charge in [0.2, 0.25) is 0 Å². The molecule has 0 bridgehead atoms. The van der Waals surface area contributed by atoms with Crippen LogP contribution in [0, 0.1) is 5.82 Å². The topological polar surface area (TPSA) is 30.9 Å². The SMILES string of the molecule is C[C@H](N)Cn1ccc2c(C(F)(F)F)c(F)ccc21. The van der Waals surface area contributed by atoms with Gasteiger partial charge in [-0.3, -0.25) is 0 Å². The Morgan fingerprint density at radius 2 is 1.94 bits per heavy atom. The normalized spacial score (nSPS) is 14.1. The second kappa shape index (κ2) is 4.28. The van der Waals surface area contributed by atoms with Gasteiger partial charge in [0.15, 0.2) is 0 Å². The quantitative estimate of drug-likeness (QED) is 0.826. The Hall–Kier alpha value is -1.56. The monoisotopic (exact) mass is 260 g/mol. The molecule has 0 saturated carbocycles. The zero-order chi connectivity index (χ0) is 13.5. The summed E-state index contributed by atoms with van der Waals surface area (Å²) in [6, 6.07) is 3.24. The molecule has 0 radical (unpaired) electrons. The Bertz CT molecular complexity index is 569. The van der Waals surface area contributed by atoms with E-state index in [0.29, 0.717) is 12.1 Å². The van der Waals surface area contributed by atoms with Crippen LogP contribution in [0.2, 0.25) is 0 Å². The van der Waals surface area contributed by atoms with Gasteiger partial charge in [-0.05, 0) is 25.1 Å². The molecule has 6 heteroatoms. The van der Waals surface area contributed by atoms with Crippen molar-refractivity contribution in [3.05, 3.63) is 35.8 Å². The number of nitrogens with two attached hydrogens (primary N) is 1. The average Bonchev–Trinajstić information content (AvgIpc) is 2.58. The molecular formula is C12H12F4N2. The third-order valence-corrected chi connectivity index (χ3v) is 2.67. The van der Waals surface area contributed by atoms with E-state index < -0.39 is 17.6 Å². The molecule has 0 aliphatic rings. The predicted molar refractivity (Wildman–Crippen MR) is 60.5 cm³/mol. The molecular weight excluding hydrogens is 248 g/mol. The fourth-order valence-corrected chi connectivity index (χ4v) is 2.00. The van der Waals surface area contributed by atoms with Gasteiger partial charge in [-0.15, -0.1) is 0 Å². The number of hydrogen-bond acceptors (Lipinski definition) is 1. The van der Waals surface area contributed by atoms with Crippen LogP contribution in [0.3, 0.4) is 0 Å². The van der Waals surface area contributed by atoms with Crippen LogP contribution in [-0.4, -0.2) is 10.6 Å². The molecule has 2 rings (SSSR count). The van der Waals surface area contributed by atoms with Gasteiger partial charge in [-0.2, -0.15) is 13.2 Å².